The molecule has 0 heterocycles. The number of rotatable bonds is 6. The summed E-state index contributed by atoms with van der Waals surface area (Å²) >= 11 is 11.7. The average Bonchev–Trinajstić information content (AvgIpc) is 3.27. The Labute approximate surface area is 161 Å². The van der Waals surface area contributed by atoms with E-state index in [1.165, 1.54) is 31.4 Å². The predicted octanol–water partition coefficient (Wildman–Crippen LogP) is 3.65. The van der Waals surface area contributed by atoms with Crippen molar-refractivity contribution in [1.82, 2.24) is 0 Å². The summed E-state index contributed by atoms with van der Waals surface area (Å²) in [6.07, 6.45) is 0. The van der Waals surface area contributed by atoms with Crippen molar-refractivity contribution in [3.8, 4) is 0 Å². The molecule has 0 aromatic heterocycles. The van der Waals surface area contributed by atoms with Gasteiger partial charge >= 0.3 is 5.97 Å². The molecule has 3 atom stereocenters. The molecular formula is C18H16Cl2O5S. The summed E-state index contributed by atoms with van der Waals surface area (Å²) in [5.74, 6) is -1.94. The number of hydrogen-bond acceptors (Lipinski definition) is 4. The SMILES string of the molecule is COC[C@@]1(C(=O)O)[C@@H](c2ccc(Cl)cc2)[C@@H]1S(=O)(=O)c1ccc(Cl)cc1. The highest BCUT2D eigenvalue weighted by Crippen LogP contribution is 2.64. The maximum atomic E-state index is 13.2. The first-order chi connectivity index (χ1) is 12.2. The Bertz CT molecular complexity index is 925. The highest BCUT2D eigenvalue weighted by atomic mass is 35.5. The lowest BCUT2D eigenvalue weighted by molar-refractivity contribution is -0.145. The monoisotopic (exact) mass is 414 g/mol. The molecule has 138 valence electrons. The molecule has 0 radical (unpaired) electrons. The number of halogens is 2. The van der Waals surface area contributed by atoms with Gasteiger partial charge in [-0.05, 0) is 42.0 Å². The summed E-state index contributed by atoms with van der Waals surface area (Å²) in [6.45, 7) is -0.215. The van der Waals surface area contributed by atoms with Crippen molar-refractivity contribution in [3.63, 3.8) is 0 Å². The minimum atomic E-state index is -3.92. The van der Waals surface area contributed by atoms with Crippen LogP contribution >= 0.6 is 23.2 Å². The van der Waals surface area contributed by atoms with Crippen LogP contribution in [0.4, 0.5) is 0 Å². The van der Waals surface area contributed by atoms with E-state index >= 15 is 0 Å². The zero-order valence-corrected chi connectivity index (χ0v) is 16.1. The highest BCUT2D eigenvalue weighted by molar-refractivity contribution is 7.92. The molecule has 2 aromatic rings. The van der Waals surface area contributed by atoms with Crippen LogP contribution in [0.5, 0.6) is 0 Å². The highest BCUT2D eigenvalue weighted by Gasteiger charge is 2.76. The van der Waals surface area contributed by atoms with E-state index in [1.807, 2.05) is 0 Å². The molecule has 0 bridgehead atoms. The summed E-state index contributed by atoms with van der Waals surface area (Å²) in [6, 6.07) is 12.2. The maximum Gasteiger partial charge on any atom is 0.314 e. The number of aliphatic carboxylic acids is 1. The lowest BCUT2D eigenvalue weighted by Gasteiger charge is -2.12. The van der Waals surface area contributed by atoms with Crippen molar-refractivity contribution in [2.45, 2.75) is 16.1 Å². The first kappa shape index (κ1) is 19.2. The number of carboxylic acids is 1. The largest absolute Gasteiger partial charge is 0.481 e. The van der Waals surface area contributed by atoms with E-state index in [0.717, 1.165) is 0 Å². The van der Waals surface area contributed by atoms with Gasteiger partial charge in [-0.25, -0.2) is 8.42 Å². The number of ether oxygens (including phenoxy) is 1. The third-order valence-electron chi connectivity index (χ3n) is 4.74. The Morgan fingerprint density at radius 3 is 2.04 bits per heavy atom. The Hall–Kier alpha value is -1.60. The zero-order chi connectivity index (χ0) is 19.1. The van der Waals surface area contributed by atoms with Gasteiger partial charge in [-0.15, -0.1) is 0 Å². The van der Waals surface area contributed by atoms with E-state index in [0.29, 0.717) is 15.6 Å². The van der Waals surface area contributed by atoms with E-state index in [4.69, 9.17) is 27.9 Å². The number of methoxy groups -OCH3 is 1. The third-order valence-corrected chi connectivity index (χ3v) is 7.54. The molecule has 1 saturated carbocycles. The lowest BCUT2D eigenvalue weighted by atomic mass is 10.0. The summed E-state index contributed by atoms with van der Waals surface area (Å²) in [5.41, 5.74) is -0.961. The van der Waals surface area contributed by atoms with Gasteiger partial charge in [0.1, 0.15) is 5.41 Å². The van der Waals surface area contributed by atoms with Gasteiger partial charge < -0.3 is 9.84 Å². The molecular weight excluding hydrogens is 399 g/mol. The Kier molecular flexibility index (Phi) is 5.05. The Morgan fingerprint density at radius 1 is 1.08 bits per heavy atom. The first-order valence-corrected chi connectivity index (χ1v) is 10.0. The molecule has 0 aliphatic heterocycles. The minimum absolute atomic E-state index is 0.0325. The van der Waals surface area contributed by atoms with Crippen LogP contribution in [-0.4, -0.2) is 38.5 Å². The van der Waals surface area contributed by atoms with E-state index < -0.39 is 32.4 Å². The summed E-state index contributed by atoms with van der Waals surface area (Å²) in [4.78, 5) is 12.1. The van der Waals surface area contributed by atoms with Crippen LogP contribution in [0.1, 0.15) is 11.5 Å². The van der Waals surface area contributed by atoms with Crippen LogP contribution in [0.15, 0.2) is 53.4 Å². The molecule has 1 fully saturated rings. The van der Waals surface area contributed by atoms with Gasteiger partial charge in [0.15, 0.2) is 9.84 Å². The van der Waals surface area contributed by atoms with E-state index in [1.54, 1.807) is 24.3 Å². The van der Waals surface area contributed by atoms with Gasteiger partial charge in [-0.2, -0.15) is 0 Å². The molecule has 5 nitrogen and oxygen atoms in total. The van der Waals surface area contributed by atoms with Gasteiger partial charge in [-0.3, -0.25) is 4.79 Å². The van der Waals surface area contributed by atoms with Gasteiger partial charge in [0.25, 0.3) is 0 Å². The fourth-order valence-electron chi connectivity index (χ4n) is 3.50. The van der Waals surface area contributed by atoms with Crippen molar-refractivity contribution < 1.29 is 23.1 Å². The average molecular weight is 415 g/mol. The second-order valence-corrected chi connectivity index (χ2v) is 9.17. The third kappa shape index (κ3) is 3.01. The normalized spacial score (nSPS) is 25.0. The van der Waals surface area contributed by atoms with Crippen LogP contribution in [0.2, 0.25) is 10.0 Å². The molecule has 2 aromatic carbocycles. The fraction of sp³-hybridized carbons (Fsp3) is 0.278. The topological polar surface area (TPSA) is 80.7 Å². The standard InChI is InChI=1S/C18H16Cl2O5S/c1-25-10-18(17(21)22)15(11-2-4-12(19)5-3-11)16(18)26(23,24)14-8-6-13(20)7-9-14/h2-9,15-16H,10H2,1H3,(H,21,22)/t15-,16-,18+/m0/s1. The van der Waals surface area contributed by atoms with Crippen molar-refractivity contribution in [1.29, 1.82) is 0 Å². The maximum absolute atomic E-state index is 13.2. The molecule has 0 spiro atoms. The molecule has 3 rings (SSSR count). The number of hydrogen-bond donors (Lipinski definition) is 1. The van der Waals surface area contributed by atoms with Crippen LogP contribution in [-0.2, 0) is 19.4 Å². The Morgan fingerprint density at radius 2 is 1.58 bits per heavy atom. The number of carbonyl (C=O) groups is 1. The lowest BCUT2D eigenvalue weighted by Crippen LogP contribution is -2.28. The fourth-order valence-corrected chi connectivity index (χ4v) is 6.11. The van der Waals surface area contributed by atoms with E-state index in [9.17, 15) is 18.3 Å². The second-order valence-electron chi connectivity index (χ2n) is 6.23. The van der Waals surface area contributed by atoms with Gasteiger partial charge in [-0.1, -0.05) is 35.3 Å². The molecule has 1 N–H and O–H groups in total. The van der Waals surface area contributed by atoms with Crippen molar-refractivity contribution in [2.75, 3.05) is 13.7 Å². The Balaban J connectivity index is 2.11. The quantitative estimate of drug-likeness (QED) is 0.779. The van der Waals surface area contributed by atoms with Crippen molar-refractivity contribution >= 4 is 39.0 Å². The van der Waals surface area contributed by atoms with Gasteiger partial charge in [0.05, 0.1) is 16.8 Å². The zero-order valence-electron chi connectivity index (χ0n) is 13.7. The number of carboxylic acid groups (broad SMARTS) is 1. The second kappa shape index (κ2) is 6.85. The smallest absolute Gasteiger partial charge is 0.314 e. The molecule has 26 heavy (non-hydrogen) atoms. The molecule has 0 saturated heterocycles. The number of sulfone groups is 1. The van der Waals surface area contributed by atoms with Crippen molar-refractivity contribution in [3.05, 3.63) is 64.1 Å². The van der Waals surface area contributed by atoms with Crippen LogP contribution in [0, 0.1) is 5.41 Å². The molecule has 8 heteroatoms. The van der Waals surface area contributed by atoms with Crippen LogP contribution in [0.25, 0.3) is 0 Å². The van der Waals surface area contributed by atoms with Gasteiger partial charge in [0, 0.05) is 23.1 Å². The minimum Gasteiger partial charge on any atom is -0.481 e. The van der Waals surface area contributed by atoms with Crippen LogP contribution < -0.4 is 0 Å². The summed E-state index contributed by atoms with van der Waals surface area (Å²) in [7, 11) is -2.56. The molecule has 0 amide bonds. The number of benzene rings is 2. The summed E-state index contributed by atoms with van der Waals surface area (Å²) < 4.78 is 31.4. The summed E-state index contributed by atoms with van der Waals surface area (Å²) in [5, 5.41) is 9.59. The first-order valence-electron chi connectivity index (χ1n) is 7.72. The van der Waals surface area contributed by atoms with Gasteiger partial charge in [0.2, 0.25) is 0 Å². The molecule has 1 aliphatic rings. The van der Waals surface area contributed by atoms with E-state index in [-0.39, 0.29) is 11.5 Å². The molecule has 1 aliphatic carbocycles. The molecule has 0 unspecified atom stereocenters. The predicted molar refractivity (Wildman–Crippen MR) is 98.6 cm³/mol. The van der Waals surface area contributed by atoms with E-state index in [2.05, 4.69) is 0 Å². The van der Waals surface area contributed by atoms with Crippen LogP contribution in [0.3, 0.4) is 0 Å². The van der Waals surface area contributed by atoms with Crippen molar-refractivity contribution in [2.24, 2.45) is 5.41 Å².